The van der Waals surface area contributed by atoms with E-state index in [1.807, 2.05) is 0 Å². The highest BCUT2D eigenvalue weighted by Crippen LogP contribution is 2.10. The van der Waals surface area contributed by atoms with Gasteiger partial charge in [-0.2, -0.15) is 0 Å². The fourth-order valence-electron chi connectivity index (χ4n) is 1.78. The Labute approximate surface area is 74.9 Å². The number of aldehydes is 1. The van der Waals surface area contributed by atoms with Gasteiger partial charge in [-0.15, -0.1) is 0 Å². The number of carbonyl (C=O) groups excluding carboxylic acids is 1. The number of carbonyl (C=O) groups is 1. The molecule has 1 rings (SSSR count). The van der Waals surface area contributed by atoms with Gasteiger partial charge < -0.3 is 4.79 Å². The lowest BCUT2D eigenvalue weighted by atomic mass is 10.1. The minimum Gasteiger partial charge on any atom is -0.302 e. The van der Waals surface area contributed by atoms with Gasteiger partial charge in [-0.1, -0.05) is 25.7 Å². The van der Waals surface area contributed by atoms with E-state index in [1.54, 1.807) is 0 Å². The molecule has 2 nitrogen and oxygen atoms in total. The van der Waals surface area contributed by atoms with Gasteiger partial charge in [-0.25, -0.2) is 0 Å². The van der Waals surface area contributed by atoms with E-state index in [4.69, 9.17) is 0 Å². The van der Waals surface area contributed by atoms with Gasteiger partial charge in [0.1, 0.15) is 6.29 Å². The summed E-state index contributed by atoms with van der Waals surface area (Å²) in [7, 11) is 0. The minimum absolute atomic E-state index is 0.639. The number of hydrogen-bond donors (Lipinski definition) is 0. The molecule has 70 valence electrons. The van der Waals surface area contributed by atoms with Crippen LogP contribution in [0.25, 0.3) is 0 Å². The molecule has 0 N–H and O–H groups in total. The Hall–Kier alpha value is -0.370. The van der Waals surface area contributed by atoms with Gasteiger partial charge >= 0.3 is 0 Å². The first-order valence-corrected chi connectivity index (χ1v) is 5.09. The maximum Gasteiger partial charge on any atom is 0.133 e. The average molecular weight is 169 g/mol. The second kappa shape index (κ2) is 6.18. The van der Waals surface area contributed by atoms with Gasteiger partial charge in [0.15, 0.2) is 0 Å². The normalized spacial score (nSPS) is 22.3. The molecule has 1 saturated heterocycles. The van der Waals surface area contributed by atoms with Crippen LogP contribution >= 0.6 is 0 Å². The van der Waals surface area contributed by atoms with E-state index in [0.717, 1.165) is 19.4 Å². The smallest absolute Gasteiger partial charge is 0.133 e. The molecule has 0 bridgehead atoms. The van der Waals surface area contributed by atoms with Crippen LogP contribution in [0.4, 0.5) is 0 Å². The Bertz CT molecular complexity index is 115. The van der Waals surface area contributed by atoms with Gasteiger partial charge in [-0.05, 0) is 25.9 Å². The third kappa shape index (κ3) is 3.86. The van der Waals surface area contributed by atoms with Crippen molar-refractivity contribution in [1.82, 2.24) is 4.90 Å². The summed E-state index contributed by atoms with van der Waals surface area (Å²) >= 11 is 0. The molecular formula is C10H19NO. The first kappa shape index (κ1) is 9.72. The van der Waals surface area contributed by atoms with E-state index in [0.29, 0.717) is 6.54 Å². The topological polar surface area (TPSA) is 20.3 Å². The van der Waals surface area contributed by atoms with Gasteiger partial charge in [0, 0.05) is 0 Å². The molecule has 0 aliphatic carbocycles. The third-order valence-electron chi connectivity index (χ3n) is 2.53. The molecule has 0 atom stereocenters. The third-order valence-corrected chi connectivity index (χ3v) is 2.53. The summed E-state index contributed by atoms with van der Waals surface area (Å²) in [6.45, 7) is 2.89. The SMILES string of the molecule is O=CCN1CCCCCCCC1. The van der Waals surface area contributed by atoms with Crippen molar-refractivity contribution in [2.24, 2.45) is 0 Å². The molecule has 0 aromatic carbocycles. The van der Waals surface area contributed by atoms with Gasteiger partial charge in [-0.3, -0.25) is 4.90 Å². The highest BCUT2D eigenvalue weighted by molar-refractivity contribution is 5.51. The monoisotopic (exact) mass is 169 g/mol. The van der Waals surface area contributed by atoms with Crippen LogP contribution in [0.15, 0.2) is 0 Å². The summed E-state index contributed by atoms with van der Waals surface area (Å²) in [6.07, 6.45) is 9.02. The van der Waals surface area contributed by atoms with E-state index < -0.39 is 0 Å². The molecule has 12 heavy (non-hydrogen) atoms. The zero-order valence-corrected chi connectivity index (χ0v) is 7.80. The fraction of sp³-hybridized carbons (Fsp3) is 0.900. The van der Waals surface area contributed by atoms with Crippen molar-refractivity contribution in [2.75, 3.05) is 19.6 Å². The zero-order chi connectivity index (χ0) is 8.65. The lowest BCUT2D eigenvalue weighted by molar-refractivity contribution is -0.108. The van der Waals surface area contributed by atoms with Crippen molar-refractivity contribution in [3.05, 3.63) is 0 Å². The Morgan fingerprint density at radius 2 is 1.42 bits per heavy atom. The van der Waals surface area contributed by atoms with E-state index in [1.165, 1.54) is 38.5 Å². The summed E-state index contributed by atoms with van der Waals surface area (Å²) in [5.41, 5.74) is 0. The van der Waals surface area contributed by atoms with Crippen LogP contribution in [0.5, 0.6) is 0 Å². The molecular weight excluding hydrogens is 150 g/mol. The van der Waals surface area contributed by atoms with Crippen molar-refractivity contribution in [1.29, 1.82) is 0 Å². The summed E-state index contributed by atoms with van der Waals surface area (Å²) in [5.74, 6) is 0. The fourth-order valence-corrected chi connectivity index (χ4v) is 1.78. The van der Waals surface area contributed by atoms with Crippen LogP contribution in [-0.4, -0.2) is 30.8 Å². The van der Waals surface area contributed by atoms with Crippen molar-refractivity contribution in [3.63, 3.8) is 0 Å². The van der Waals surface area contributed by atoms with Crippen LogP contribution in [-0.2, 0) is 4.79 Å². The van der Waals surface area contributed by atoms with Crippen LogP contribution in [0.1, 0.15) is 38.5 Å². The first-order valence-electron chi connectivity index (χ1n) is 5.09. The predicted octanol–water partition coefficient (Wildman–Crippen LogP) is 1.84. The zero-order valence-electron chi connectivity index (χ0n) is 7.80. The molecule has 2 heteroatoms. The number of hydrogen-bond acceptors (Lipinski definition) is 2. The molecule has 0 saturated carbocycles. The largest absolute Gasteiger partial charge is 0.302 e. The van der Waals surface area contributed by atoms with E-state index in [2.05, 4.69) is 4.90 Å². The molecule has 1 heterocycles. The van der Waals surface area contributed by atoms with Gasteiger partial charge in [0.25, 0.3) is 0 Å². The molecule has 0 radical (unpaired) electrons. The van der Waals surface area contributed by atoms with E-state index >= 15 is 0 Å². The van der Waals surface area contributed by atoms with Crippen molar-refractivity contribution >= 4 is 6.29 Å². The van der Waals surface area contributed by atoms with Crippen LogP contribution < -0.4 is 0 Å². The van der Waals surface area contributed by atoms with E-state index in [-0.39, 0.29) is 0 Å². The molecule has 0 spiro atoms. The molecule has 1 fully saturated rings. The van der Waals surface area contributed by atoms with Gasteiger partial charge in [0.05, 0.1) is 6.54 Å². The lowest BCUT2D eigenvalue weighted by Gasteiger charge is -2.17. The van der Waals surface area contributed by atoms with Crippen molar-refractivity contribution in [2.45, 2.75) is 38.5 Å². The molecule has 0 aromatic heterocycles. The maximum absolute atomic E-state index is 10.3. The molecule has 0 aromatic rings. The van der Waals surface area contributed by atoms with Crippen LogP contribution in [0.3, 0.4) is 0 Å². The van der Waals surface area contributed by atoms with Gasteiger partial charge in [0.2, 0.25) is 0 Å². The first-order chi connectivity index (χ1) is 5.93. The second-order valence-electron chi connectivity index (χ2n) is 3.59. The molecule has 0 amide bonds. The molecule has 1 aliphatic rings. The summed E-state index contributed by atoms with van der Waals surface area (Å²) in [5, 5.41) is 0. The quantitative estimate of drug-likeness (QED) is 0.588. The highest BCUT2D eigenvalue weighted by Gasteiger charge is 2.05. The lowest BCUT2D eigenvalue weighted by Crippen LogP contribution is -2.27. The van der Waals surface area contributed by atoms with Crippen LogP contribution in [0.2, 0.25) is 0 Å². The maximum atomic E-state index is 10.3. The Balaban J connectivity index is 2.23. The van der Waals surface area contributed by atoms with Crippen LogP contribution in [0, 0.1) is 0 Å². The predicted molar refractivity (Wildman–Crippen MR) is 50.2 cm³/mol. The standard InChI is InChI=1S/C10H19NO/c12-10-9-11-7-5-3-1-2-4-6-8-11/h10H,1-9H2. The average Bonchev–Trinajstić information content (AvgIpc) is 2.19. The summed E-state index contributed by atoms with van der Waals surface area (Å²) in [4.78, 5) is 12.6. The second-order valence-corrected chi connectivity index (χ2v) is 3.59. The van der Waals surface area contributed by atoms with Crippen molar-refractivity contribution in [3.8, 4) is 0 Å². The Morgan fingerprint density at radius 1 is 0.917 bits per heavy atom. The Morgan fingerprint density at radius 3 is 1.92 bits per heavy atom. The summed E-state index contributed by atoms with van der Waals surface area (Å²) < 4.78 is 0. The minimum atomic E-state index is 0.639. The Kier molecular flexibility index (Phi) is 5.00. The highest BCUT2D eigenvalue weighted by atomic mass is 16.1. The van der Waals surface area contributed by atoms with E-state index in [9.17, 15) is 4.79 Å². The summed E-state index contributed by atoms with van der Waals surface area (Å²) in [6, 6.07) is 0. The number of nitrogens with zero attached hydrogens (tertiary/aromatic N) is 1. The number of rotatable bonds is 2. The molecule has 0 unspecified atom stereocenters. The molecule has 1 aliphatic heterocycles. The van der Waals surface area contributed by atoms with Crippen molar-refractivity contribution < 1.29 is 4.79 Å².